The number of halogens is 1. The second-order valence-corrected chi connectivity index (χ2v) is 6.14. The predicted octanol–water partition coefficient (Wildman–Crippen LogP) is 2.04. The third-order valence-electron chi connectivity index (χ3n) is 2.93. The Morgan fingerprint density at radius 3 is 2.65 bits per heavy atom. The van der Waals surface area contributed by atoms with Crippen LogP contribution < -0.4 is 0 Å². The Bertz CT molecular complexity index is 416. The molecule has 2 heterocycles. The molecular formula is C12H18ClN3O. The SMILES string of the molecule is CC(C)(C)C(=O)N1CC(Cn2cc(Cl)cn2)C1. The van der Waals surface area contributed by atoms with Gasteiger partial charge >= 0.3 is 0 Å². The Morgan fingerprint density at radius 1 is 1.53 bits per heavy atom. The van der Waals surface area contributed by atoms with Crippen molar-refractivity contribution in [2.45, 2.75) is 27.3 Å². The van der Waals surface area contributed by atoms with E-state index in [2.05, 4.69) is 5.10 Å². The maximum Gasteiger partial charge on any atom is 0.227 e. The molecule has 0 N–H and O–H groups in total. The van der Waals surface area contributed by atoms with Gasteiger partial charge in [-0.3, -0.25) is 9.48 Å². The van der Waals surface area contributed by atoms with Crippen molar-refractivity contribution in [2.75, 3.05) is 13.1 Å². The fourth-order valence-electron chi connectivity index (χ4n) is 2.03. The highest BCUT2D eigenvalue weighted by Gasteiger charge is 2.36. The van der Waals surface area contributed by atoms with E-state index in [-0.39, 0.29) is 11.3 Å². The van der Waals surface area contributed by atoms with Gasteiger partial charge in [0.1, 0.15) is 0 Å². The summed E-state index contributed by atoms with van der Waals surface area (Å²) in [6.45, 7) is 8.35. The molecule has 1 amide bonds. The van der Waals surface area contributed by atoms with E-state index in [4.69, 9.17) is 11.6 Å². The topological polar surface area (TPSA) is 38.1 Å². The van der Waals surface area contributed by atoms with Gasteiger partial charge in [0.2, 0.25) is 5.91 Å². The van der Waals surface area contributed by atoms with Crippen LogP contribution in [0.2, 0.25) is 5.02 Å². The quantitative estimate of drug-likeness (QED) is 0.811. The van der Waals surface area contributed by atoms with Crippen LogP contribution in [0.3, 0.4) is 0 Å². The van der Waals surface area contributed by atoms with E-state index in [1.54, 1.807) is 6.20 Å². The molecule has 0 aromatic carbocycles. The summed E-state index contributed by atoms with van der Waals surface area (Å²) in [6, 6.07) is 0. The van der Waals surface area contributed by atoms with Gasteiger partial charge in [0.25, 0.3) is 0 Å². The highest BCUT2D eigenvalue weighted by Crippen LogP contribution is 2.25. The molecule has 1 aliphatic heterocycles. The summed E-state index contributed by atoms with van der Waals surface area (Å²) in [7, 11) is 0. The largest absolute Gasteiger partial charge is 0.341 e. The fraction of sp³-hybridized carbons (Fsp3) is 0.667. The number of aromatic nitrogens is 2. The first kappa shape index (κ1) is 12.4. The summed E-state index contributed by atoms with van der Waals surface area (Å²) < 4.78 is 1.84. The lowest BCUT2D eigenvalue weighted by molar-refractivity contribution is -0.146. The minimum Gasteiger partial charge on any atom is -0.341 e. The van der Waals surface area contributed by atoms with E-state index >= 15 is 0 Å². The lowest BCUT2D eigenvalue weighted by Gasteiger charge is -2.42. The number of carbonyl (C=O) groups is 1. The lowest BCUT2D eigenvalue weighted by atomic mass is 9.90. The Labute approximate surface area is 107 Å². The molecule has 94 valence electrons. The minimum atomic E-state index is -0.278. The molecule has 1 saturated heterocycles. The minimum absolute atomic E-state index is 0.229. The van der Waals surface area contributed by atoms with Gasteiger partial charge < -0.3 is 4.90 Å². The van der Waals surface area contributed by atoms with Crippen LogP contribution in [0.4, 0.5) is 0 Å². The summed E-state index contributed by atoms with van der Waals surface area (Å²) >= 11 is 5.80. The summed E-state index contributed by atoms with van der Waals surface area (Å²) in [5, 5.41) is 4.80. The lowest BCUT2D eigenvalue weighted by Crippen LogP contribution is -2.54. The van der Waals surface area contributed by atoms with Crippen molar-refractivity contribution in [2.24, 2.45) is 11.3 Å². The van der Waals surface area contributed by atoms with E-state index in [1.807, 2.05) is 36.5 Å². The number of nitrogens with zero attached hydrogens (tertiary/aromatic N) is 3. The number of carbonyl (C=O) groups excluding carboxylic acids is 1. The maximum absolute atomic E-state index is 11.9. The number of hydrogen-bond acceptors (Lipinski definition) is 2. The molecule has 1 aromatic heterocycles. The van der Waals surface area contributed by atoms with E-state index in [9.17, 15) is 4.79 Å². The average Bonchev–Trinajstić information content (AvgIpc) is 2.54. The summed E-state index contributed by atoms with van der Waals surface area (Å²) in [6.07, 6.45) is 3.45. The van der Waals surface area contributed by atoms with Crippen LogP contribution in [0.1, 0.15) is 20.8 Å². The monoisotopic (exact) mass is 255 g/mol. The summed E-state index contributed by atoms with van der Waals surface area (Å²) in [4.78, 5) is 13.8. The first-order chi connectivity index (χ1) is 7.86. The third kappa shape index (κ3) is 2.80. The Hall–Kier alpha value is -1.03. The number of amides is 1. The van der Waals surface area contributed by atoms with Crippen LogP contribution >= 0.6 is 11.6 Å². The fourth-order valence-corrected chi connectivity index (χ4v) is 2.18. The Kier molecular flexibility index (Phi) is 3.17. The average molecular weight is 256 g/mol. The highest BCUT2D eigenvalue weighted by molar-refractivity contribution is 6.30. The molecule has 2 rings (SSSR count). The molecule has 1 aromatic rings. The van der Waals surface area contributed by atoms with E-state index < -0.39 is 0 Å². The van der Waals surface area contributed by atoms with Crippen LogP contribution in [0.15, 0.2) is 12.4 Å². The third-order valence-corrected chi connectivity index (χ3v) is 3.13. The van der Waals surface area contributed by atoms with Crippen molar-refractivity contribution in [3.63, 3.8) is 0 Å². The van der Waals surface area contributed by atoms with Gasteiger partial charge in [-0.25, -0.2) is 0 Å². The van der Waals surface area contributed by atoms with Gasteiger partial charge in [-0.05, 0) is 0 Å². The van der Waals surface area contributed by atoms with E-state index in [0.717, 1.165) is 19.6 Å². The van der Waals surface area contributed by atoms with Gasteiger partial charge in [-0.2, -0.15) is 5.10 Å². The first-order valence-electron chi connectivity index (χ1n) is 5.83. The van der Waals surface area contributed by atoms with Gasteiger partial charge in [-0.1, -0.05) is 32.4 Å². The molecule has 0 saturated carbocycles. The standard InChI is InChI=1S/C12H18ClN3O/c1-12(2,3)11(17)15-5-9(6-15)7-16-8-10(13)4-14-16/h4,8-9H,5-7H2,1-3H3. The predicted molar refractivity (Wildman–Crippen MR) is 66.8 cm³/mol. The molecule has 4 nitrogen and oxygen atoms in total. The second-order valence-electron chi connectivity index (χ2n) is 5.71. The van der Waals surface area contributed by atoms with E-state index in [1.165, 1.54) is 0 Å². The molecule has 1 aliphatic rings. The van der Waals surface area contributed by atoms with Crippen LogP contribution in [0.5, 0.6) is 0 Å². The molecule has 0 radical (unpaired) electrons. The van der Waals surface area contributed by atoms with Crippen molar-refractivity contribution in [3.8, 4) is 0 Å². The molecule has 0 atom stereocenters. The Balaban J connectivity index is 1.82. The molecule has 0 spiro atoms. The zero-order valence-corrected chi connectivity index (χ0v) is 11.2. The van der Waals surface area contributed by atoms with Crippen LogP contribution in [0, 0.1) is 11.3 Å². The van der Waals surface area contributed by atoms with Crippen molar-refractivity contribution < 1.29 is 4.79 Å². The maximum atomic E-state index is 11.9. The van der Waals surface area contributed by atoms with Gasteiger partial charge in [0.15, 0.2) is 0 Å². The van der Waals surface area contributed by atoms with E-state index in [0.29, 0.717) is 10.9 Å². The van der Waals surface area contributed by atoms with Crippen LogP contribution in [-0.2, 0) is 11.3 Å². The summed E-state index contributed by atoms with van der Waals surface area (Å²) in [5.74, 6) is 0.726. The normalized spacial score (nSPS) is 17.1. The highest BCUT2D eigenvalue weighted by atomic mass is 35.5. The molecule has 0 bridgehead atoms. The van der Waals surface area contributed by atoms with Crippen molar-refractivity contribution in [3.05, 3.63) is 17.4 Å². The summed E-state index contributed by atoms with van der Waals surface area (Å²) in [5.41, 5.74) is -0.278. The van der Waals surface area contributed by atoms with Gasteiger partial charge in [0.05, 0.1) is 11.2 Å². The van der Waals surface area contributed by atoms with Crippen LogP contribution in [0.25, 0.3) is 0 Å². The molecular weight excluding hydrogens is 238 g/mol. The van der Waals surface area contributed by atoms with Crippen molar-refractivity contribution >= 4 is 17.5 Å². The molecule has 0 aliphatic carbocycles. The molecule has 17 heavy (non-hydrogen) atoms. The zero-order valence-electron chi connectivity index (χ0n) is 10.5. The molecule has 0 unspecified atom stereocenters. The molecule has 5 heteroatoms. The number of rotatable bonds is 2. The van der Waals surface area contributed by atoms with Crippen molar-refractivity contribution in [1.82, 2.24) is 14.7 Å². The van der Waals surface area contributed by atoms with Gasteiger partial charge in [0, 0.05) is 37.2 Å². The molecule has 1 fully saturated rings. The van der Waals surface area contributed by atoms with Gasteiger partial charge in [-0.15, -0.1) is 0 Å². The number of hydrogen-bond donors (Lipinski definition) is 0. The zero-order chi connectivity index (χ0) is 12.6. The smallest absolute Gasteiger partial charge is 0.227 e. The Morgan fingerprint density at radius 2 is 2.18 bits per heavy atom. The number of likely N-dealkylation sites (tertiary alicyclic amines) is 1. The van der Waals surface area contributed by atoms with Crippen LogP contribution in [-0.4, -0.2) is 33.7 Å². The second kappa shape index (κ2) is 4.33. The first-order valence-corrected chi connectivity index (χ1v) is 6.21. The van der Waals surface area contributed by atoms with Crippen molar-refractivity contribution in [1.29, 1.82) is 0 Å².